The zero-order valence-electron chi connectivity index (χ0n) is 24.8. The molecule has 2 bridgehead atoms. The third-order valence-electron chi connectivity index (χ3n) is 12.2. The SMILES string of the molecule is C[C@@H]1CC[C@@]23CCC(O)[C@H]2[C@]1(C)[C@H](OC(=O)COc1ccc2c(c1F)B(O)OC2)C[C@@](C)(CN1CCC1)[C@@H](O)[C@@H]3C. The number of benzene rings is 1. The van der Waals surface area contributed by atoms with Crippen LogP contribution in [0, 0.1) is 39.8 Å². The van der Waals surface area contributed by atoms with Gasteiger partial charge in [-0.15, -0.1) is 0 Å². The molecule has 1 saturated heterocycles. The molecule has 10 heteroatoms. The van der Waals surface area contributed by atoms with Crippen LogP contribution in [0.2, 0.25) is 0 Å². The van der Waals surface area contributed by atoms with Gasteiger partial charge in [-0.25, -0.2) is 9.18 Å². The lowest BCUT2D eigenvalue weighted by molar-refractivity contribution is -0.227. The van der Waals surface area contributed by atoms with Gasteiger partial charge in [-0.1, -0.05) is 33.8 Å². The second-order valence-corrected chi connectivity index (χ2v) is 14.2. The number of hydrogen-bond acceptors (Lipinski definition) is 8. The minimum Gasteiger partial charge on any atom is -0.479 e. The summed E-state index contributed by atoms with van der Waals surface area (Å²) in [5.41, 5.74) is -0.664. The average molecular weight is 574 g/mol. The fourth-order valence-corrected chi connectivity index (χ4v) is 9.55. The molecule has 3 aliphatic carbocycles. The van der Waals surface area contributed by atoms with Crippen LogP contribution in [-0.2, 0) is 20.8 Å². The van der Waals surface area contributed by atoms with E-state index >= 15 is 4.39 Å². The smallest absolute Gasteiger partial charge is 0.479 e. The van der Waals surface area contributed by atoms with Crippen molar-refractivity contribution in [3.8, 4) is 5.75 Å². The predicted molar refractivity (Wildman–Crippen MR) is 151 cm³/mol. The summed E-state index contributed by atoms with van der Waals surface area (Å²) in [5.74, 6) is -1.40. The molecule has 1 aromatic rings. The molecule has 226 valence electrons. The van der Waals surface area contributed by atoms with E-state index in [2.05, 4.69) is 32.6 Å². The van der Waals surface area contributed by atoms with E-state index in [9.17, 15) is 20.0 Å². The Labute approximate surface area is 242 Å². The minimum absolute atomic E-state index is 0.00449. The summed E-state index contributed by atoms with van der Waals surface area (Å²) in [6, 6.07) is 3.06. The Bertz CT molecular complexity index is 1180. The number of likely N-dealkylation sites (tertiary alicyclic amines) is 1. The quantitative estimate of drug-likeness (QED) is 0.352. The number of carbonyl (C=O) groups is 1. The van der Waals surface area contributed by atoms with Crippen molar-refractivity contribution in [1.82, 2.24) is 4.90 Å². The first-order valence-electron chi connectivity index (χ1n) is 15.4. The molecule has 5 aliphatic rings. The Morgan fingerprint density at radius 3 is 2.63 bits per heavy atom. The topological polar surface area (TPSA) is 109 Å². The zero-order chi connectivity index (χ0) is 29.3. The molecule has 9 atom stereocenters. The van der Waals surface area contributed by atoms with Crippen LogP contribution in [-0.4, -0.2) is 77.8 Å². The molecule has 41 heavy (non-hydrogen) atoms. The van der Waals surface area contributed by atoms with Gasteiger partial charge >= 0.3 is 13.1 Å². The lowest BCUT2D eigenvalue weighted by Gasteiger charge is -2.63. The van der Waals surface area contributed by atoms with E-state index in [1.807, 2.05) is 0 Å². The summed E-state index contributed by atoms with van der Waals surface area (Å²) in [6.45, 7) is 11.0. The predicted octanol–water partition coefficient (Wildman–Crippen LogP) is 2.64. The Balaban J connectivity index is 1.30. The van der Waals surface area contributed by atoms with Gasteiger partial charge in [-0.3, -0.25) is 0 Å². The Morgan fingerprint density at radius 1 is 1.20 bits per heavy atom. The first kappa shape index (κ1) is 29.4. The van der Waals surface area contributed by atoms with Gasteiger partial charge in [-0.2, -0.15) is 0 Å². The van der Waals surface area contributed by atoms with Gasteiger partial charge in [0.15, 0.2) is 18.2 Å². The van der Waals surface area contributed by atoms with Crippen molar-refractivity contribution < 1.29 is 38.6 Å². The van der Waals surface area contributed by atoms with Gasteiger partial charge in [-0.05, 0) is 86.4 Å². The maximum atomic E-state index is 15.1. The maximum Gasteiger partial charge on any atom is 0.494 e. The van der Waals surface area contributed by atoms with Crippen molar-refractivity contribution in [1.29, 1.82) is 0 Å². The molecule has 1 aromatic carbocycles. The van der Waals surface area contributed by atoms with E-state index in [4.69, 9.17) is 14.1 Å². The minimum atomic E-state index is -1.36. The van der Waals surface area contributed by atoms with Crippen molar-refractivity contribution in [2.45, 2.75) is 91.1 Å². The first-order valence-corrected chi connectivity index (χ1v) is 15.4. The summed E-state index contributed by atoms with van der Waals surface area (Å²) in [4.78, 5) is 15.8. The molecular formula is C31H45BFNO7. The lowest BCUT2D eigenvalue weighted by Crippen LogP contribution is -2.65. The van der Waals surface area contributed by atoms with Crippen molar-refractivity contribution in [2.75, 3.05) is 26.2 Å². The highest BCUT2D eigenvalue weighted by Crippen LogP contribution is 2.69. The molecule has 0 spiro atoms. The highest BCUT2D eigenvalue weighted by molar-refractivity contribution is 6.61. The van der Waals surface area contributed by atoms with Crippen LogP contribution in [0.1, 0.15) is 71.8 Å². The van der Waals surface area contributed by atoms with Gasteiger partial charge in [0.2, 0.25) is 0 Å². The van der Waals surface area contributed by atoms with Crippen LogP contribution in [0.15, 0.2) is 12.1 Å². The number of halogens is 1. The molecule has 6 rings (SSSR count). The molecule has 0 aromatic heterocycles. The lowest BCUT2D eigenvalue weighted by atomic mass is 9.43. The van der Waals surface area contributed by atoms with E-state index in [0.29, 0.717) is 18.4 Å². The van der Waals surface area contributed by atoms with Crippen LogP contribution >= 0.6 is 0 Å². The number of esters is 1. The number of aliphatic hydroxyl groups is 2. The summed E-state index contributed by atoms with van der Waals surface area (Å²) < 4.78 is 32.1. The van der Waals surface area contributed by atoms with Crippen LogP contribution in [0.4, 0.5) is 4.39 Å². The van der Waals surface area contributed by atoms with E-state index in [0.717, 1.165) is 45.3 Å². The Hall–Kier alpha value is -1.72. The standard InChI is InChI=1S/C31H45BFNO7/c1-18-8-10-31-11-9-21(35)27(31)30(18,4)23(14-29(3,28(37)19(31)2)17-34-12-5-13-34)41-24(36)16-39-22-7-6-20-15-40-32(38)25(20)26(22)33/h6-7,18-19,21,23,27-28,35,37-38H,5,8-17H2,1-4H3/t18-,19+,21?,23-,27+,28+,29+,30+,31+/m1/s1. The number of hydrogen-bond donors (Lipinski definition) is 3. The summed E-state index contributed by atoms with van der Waals surface area (Å²) in [5, 5.41) is 33.5. The highest BCUT2D eigenvalue weighted by atomic mass is 19.1. The van der Waals surface area contributed by atoms with E-state index < -0.39 is 54.7 Å². The van der Waals surface area contributed by atoms with Gasteiger partial charge in [0.05, 0.1) is 18.8 Å². The van der Waals surface area contributed by atoms with Crippen LogP contribution in [0.5, 0.6) is 5.75 Å². The largest absolute Gasteiger partial charge is 0.494 e. The highest BCUT2D eigenvalue weighted by Gasteiger charge is 2.68. The number of aliphatic hydroxyl groups excluding tert-OH is 2. The molecule has 0 radical (unpaired) electrons. The molecule has 1 unspecified atom stereocenters. The average Bonchev–Trinajstić information content (AvgIpc) is 3.47. The molecule has 4 fully saturated rings. The fourth-order valence-electron chi connectivity index (χ4n) is 9.55. The van der Waals surface area contributed by atoms with Gasteiger partial charge < -0.3 is 34.3 Å². The first-order chi connectivity index (χ1) is 19.4. The van der Waals surface area contributed by atoms with Crippen molar-refractivity contribution in [3.63, 3.8) is 0 Å². The third kappa shape index (κ3) is 4.55. The van der Waals surface area contributed by atoms with Crippen LogP contribution in [0.25, 0.3) is 0 Å². The van der Waals surface area contributed by atoms with Gasteiger partial charge in [0.1, 0.15) is 6.10 Å². The van der Waals surface area contributed by atoms with Crippen molar-refractivity contribution >= 4 is 18.6 Å². The Morgan fingerprint density at radius 2 is 1.93 bits per heavy atom. The van der Waals surface area contributed by atoms with Gasteiger partial charge in [0.25, 0.3) is 0 Å². The fraction of sp³-hybridized carbons (Fsp3) is 0.774. The molecule has 2 aliphatic heterocycles. The molecule has 3 N–H and O–H groups in total. The molecule has 8 nitrogen and oxygen atoms in total. The third-order valence-corrected chi connectivity index (χ3v) is 12.2. The number of fused-ring (bicyclic) bond motifs is 1. The normalized spacial score (nSPS) is 42.1. The second-order valence-electron chi connectivity index (χ2n) is 14.2. The van der Waals surface area contributed by atoms with Crippen molar-refractivity contribution in [3.05, 3.63) is 23.5 Å². The zero-order valence-corrected chi connectivity index (χ0v) is 24.8. The summed E-state index contributed by atoms with van der Waals surface area (Å²) >= 11 is 0. The van der Waals surface area contributed by atoms with Crippen LogP contribution < -0.4 is 10.2 Å². The molecule has 2 heterocycles. The number of rotatable bonds is 6. The molecular weight excluding hydrogens is 528 g/mol. The molecule has 0 amide bonds. The van der Waals surface area contributed by atoms with E-state index in [1.54, 1.807) is 6.07 Å². The van der Waals surface area contributed by atoms with Crippen molar-refractivity contribution in [2.24, 2.45) is 34.0 Å². The molecule has 3 saturated carbocycles. The maximum absolute atomic E-state index is 15.1. The second kappa shape index (κ2) is 10.5. The summed E-state index contributed by atoms with van der Waals surface area (Å²) in [7, 11) is -1.36. The Kier molecular flexibility index (Phi) is 7.50. The number of ether oxygens (including phenoxy) is 2. The van der Waals surface area contributed by atoms with E-state index in [-0.39, 0.29) is 41.0 Å². The van der Waals surface area contributed by atoms with Crippen LogP contribution in [0.3, 0.4) is 0 Å². The number of nitrogens with zero attached hydrogens (tertiary/aromatic N) is 1. The van der Waals surface area contributed by atoms with E-state index in [1.165, 1.54) is 6.07 Å². The van der Waals surface area contributed by atoms with Gasteiger partial charge in [0, 0.05) is 22.8 Å². The number of carbonyl (C=O) groups excluding carboxylic acids is 1. The monoisotopic (exact) mass is 573 g/mol. The summed E-state index contributed by atoms with van der Waals surface area (Å²) in [6.07, 6.45) is 3.35.